The predicted octanol–water partition coefficient (Wildman–Crippen LogP) is 2.73. The number of fused-ring (bicyclic) bond motifs is 1. The van der Waals surface area contributed by atoms with Crippen LogP contribution in [0.5, 0.6) is 0 Å². The molecule has 0 bridgehead atoms. The second-order valence-electron chi connectivity index (χ2n) is 6.26. The number of hydrogen-bond acceptors (Lipinski definition) is 5. The van der Waals surface area contributed by atoms with Crippen LogP contribution in [0.3, 0.4) is 0 Å². The Kier molecular flexibility index (Phi) is 4.66. The highest BCUT2D eigenvalue weighted by Crippen LogP contribution is 2.42. The summed E-state index contributed by atoms with van der Waals surface area (Å²) in [5.41, 5.74) is -0.125. The molecule has 0 radical (unpaired) electrons. The van der Waals surface area contributed by atoms with Crippen LogP contribution in [-0.2, 0) is 14.4 Å². The molecule has 0 aromatic heterocycles. The minimum absolute atomic E-state index is 0.269. The molecule has 1 fully saturated rings. The van der Waals surface area contributed by atoms with Gasteiger partial charge in [0.2, 0.25) is 0 Å². The quantitative estimate of drug-likeness (QED) is 0.592. The Bertz CT molecular complexity index is 628. The molecule has 6 heteroatoms. The van der Waals surface area contributed by atoms with E-state index < -0.39 is 23.2 Å². The van der Waals surface area contributed by atoms with Crippen molar-refractivity contribution >= 4 is 17.8 Å². The van der Waals surface area contributed by atoms with Crippen LogP contribution in [0.25, 0.3) is 0 Å². The monoisotopic (exact) mass is 331 g/mol. The summed E-state index contributed by atoms with van der Waals surface area (Å²) in [6.07, 6.45) is 3.81. The van der Waals surface area contributed by atoms with Gasteiger partial charge in [-0.3, -0.25) is 9.59 Å². The van der Waals surface area contributed by atoms with Crippen molar-refractivity contribution in [3.63, 3.8) is 0 Å². The van der Waals surface area contributed by atoms with Gasteiger partial charge >= 0.3 is 5.97 Å². The van der Waals surface area contributed by atoms with E-state index in [9.17, 15) is 14.4 Å². The Morgan fingerprint density at radius 2 is 1.71 bits per heavy atom. The molecular formula is C18H21NO5. The van der Waals surface area contributed by atoms with Gasteiger partial charge in [0.15, 0.2) is 0 Å². The number of carbonyl (C=O) groups is 3. The lowest BCUT2D eigenvalue weighted by Crippen LogP contribution is -2.40. The average Bonchev–Trinajstić information content (AvgIpc) is 3.16. The lowest BCUT2D eigenvalue weighted by atomic mass is 9.83. The standard InChI is InChI=1S/C18H21NO5/c1-2-23-12-11-18(9-5-6-10-18)17(22)24-19-15(20)13-7-3-4-8-14(13)16(19)21/h3-4,7-8H,2,5-6,9-12H2,1H3. The van der Waals surface area contributed by atoms with Gasteiger partial charge in [-0.1, -0.05) is 30.0 Å². The Morgan fingerprint density at radius 1 is 1.12 bits per heavy atom. The zero-order valence-corrected chi connectivity index (χ0v) is 13.7. The van der Waals surface area contributed by atoms with E-state index in [1.807, 2.05) is 6.92 Å². The van der Waals surface area contributed by atoms with Crippen molar-refractivity contribution in [3.8, 4) is 0 Å². The lowest BCUT2D eigenvalue weighted by molar-refractivity contribution is -0.182. The number of ether oxygens (including phenoxy) is 1. The fraction of sp³-hybridized carbons (Fsp3) is 0.500. The molecule has 1 aliphatic heterocycles. The maximum absolute atomic E-state index is 12.7. The van der Waals surface area contributed by atoms with Gasteiger partial charge in [-0.15, -0.1) is 0 Å². The molecule has 3 rings (SSSR count). The maximum atomic E-state index is 12.7. The number of rotatable bonds is 6. The Labute approximate surface area is 140 Å². The molecule has 0 saturated heterocycles. The lowest BCUT2D eigenvalue weighted by Gasteiger charge is -2.27. The topological polar surface area (TPSA) is 72.9 Å². The summed E-state index contributed by atoms with van der Waals surface area (Å²) >= 11 is 0. The molecule has 1 aliphatic carbocycles. The third kappa shape index (κ3) is 2.82. The summed E-state index contributed by atoms with van der Waals surface area (Å²) in [6, 6.07) is 6.47. The number of amides is 2. The summed E-state index contributed by atoms with van der Waals surface area (Å²) in [5.74, 6) is -1.67. The fourth-order valence-corrected chi connectivity index (χ4v) is 3.45. The molecule has 2 amide bonds. The molecule has 0 atom stereocenters. The smallest absolute Gasteiger partial charge is 0.339 e. The molecule has 128 valence electrons. The van der Waals surface area contributed by atoms with E-state index in [0.29, 0.717) is 37.5 Å². The molecule has 1 aromatic carbocycles. The van der Waals surface area contributed by atoms with Gasteiger partial charge in [-0.25, -0.2) is 4.79 Å². The highest BCUT2D eigenvalue weighted by molar-refractivity contribution is 6.20. The first-order valence-electron chi connectivity index (χ1n) is 8.37. The van der Waals surface area contributed by atoms with Crippen molar-refractivity contribution in [2.45, 2.75) is 39.0 Å². The molecule has 1 heterocycles. The largest absolute Gasteiger partial charge is 0.382 e. The van der Waals surface area contributed by atoms with Crippen LogP contribution < -0.4 is 0 Å². The highest BCUT2D eigenvalue weighted by Gasteiger charge is 2.46. The Morgan fingerprint density at radius 3 is 2.25 bits per heavy atom. The third-order valence-corrected chi connectivity index (χ3v) is 4.85. The predicted molar refractivity (Wildman–Crippen MR) is 85.0 cm³/mol. The van der Waals surface area contributed by atoms with Gasteiger partial charge in [0.05, 0.1) is 16.5 Å². The van der Waals surface area contributed by atoms with Crippen molar-refractivity contribution in [3.05, 3.63) is 35.4 Å². The summed E-state index contributed by atoms with van der Waals surface area (Å²) in [5, 5.41) is 0.605. The van der Waals surface area contributed by atoms with E-state index in [1.54, 1.807) is 24.3 Å². The summed E-state index contributed by atoms with van der Waals surface area (Å²) in [7, 11) is 0. The van der Waals surface area contributed by atoms with E-state index >= 15 is 0 Å². The number of benzene rings is 1. The minimum atomic E-state index is -0.662. The Balaban J connectivity index is 1.74. The van der Waals surface area contributed by atoms with E-state index in [0.717, 1.165) is 12.8 Å². The molecule has 1 aromatic rings. The molecule has 2 aliphatic rings. The molecule has 24 heavy (non-hydrogen) atoms. The molecule has 1 saturated carbocycles. The molecule has 0 unspecified atom stereocenters. The average molecular weight is 331 g/mol. The molecule has 0 N–H and O–H groups in total. The third-order valence-electron chi connectivity index (χ3n) is 4.85. The van der Waals surface area contributed by atoms with Crippen LogP contribution in [0.4, 0.5) is 0 Å². The van der Waals surface area contributed by atoms with Crippen molar-refractivity contribution in [1.82, 2.24) is 5.06 Å². The number of hydrogen-bond donors (Lipinski definition) is 0. The van der Waals surface area contributed by atoms with Crippen LogP contribution >= 0.6 is 0 Å². The van der Waals surface area contributed by atoms with E-state index in [1.165, 1.54) is 0 Å². The minimum Gasteiger partial charge on any atom is -0.382 e. The highest BCUT2D eigenvalue weighted by atomic mass is 16.7. The van der Waals surface area contributed by atoms with Gasteiger partial charge in [0.1, 0.15) is 0 Å². The van der Waals surface area contributed by atoms with E-state index in [-0.39, 0.29) is 11.1 Å². The van der Waals surface area contributed by atoms with Gasteiger partial charge in [-0.2, -0.15) is 0 Å². The van der Waals surface area contributed by atoms with Gasteiger partial charge in [0.25, 0.3) is 11.8 Å². The number of hydroxylamine groups is 2. The molecule has 0 spiro atoms. The van der Waals surface area contributed by atoms with Crippen molar-refractivity contribution in [1.29, 1.82) is 0 Å². The van der Waals surface area contributed by atoms with Gasteiger partial charge in [0, 0.05) is 13.2 Å². The van der Waals surface area contributed by atoms with Crippen LogP contribution in [0.1, 0.15) is 59.7 Å². The van der Waals surface area contributed by atoms with Crippen molar-refractivity contribution in [2.24, 2.45) is 5.41 Å². The van der Waals surface area contributed by atoms with Gasteiger partial charge < -0.3 is 9.57 Å². The normalized spacial score (nSPS) is 18.8. The Hall–Kier alpha value is -2.21. The second kappa shape index (κ2) is 6.73. The first-order valence-corrected chi connectivity index (χ1v) is 8.37. The van der Waals surface area contributed by atoms with Crippen LogP contribution in [-0.4, -0.2) is 36.1 Å². The number of imide groups is 1. The zero-order valence-electron chi connectivity index (χ0n) is 13.7. The summed E-state index contributed by atoms with van der Waals surface area (Å²) in [4.78, 5) is 42.7. The fourth-order valence-electron chi connectivity index (χ4n) is 3.45. The molecule has 6 nitrogen and oxygen atoms in total. The summed E-state index contributed by atoms with van der Waals surface area (Å²) in [6.45, 7) is 2.95. The SMILES string of the molecule is CCOCCC1(C(=O)ON2C(=O)c3ccccc3C2=O)CCCC1. The van der Waals surface area contributed by atoms with E-state index in [2.05, 4.69) is 0 Å². The maximum Gasteiger partial charge on any atom is 0.339 e. The van der Waals surface area contributed by atoms with Gasteiger partial charge in [-0.05, 0) is 38.3 Å². The van der Waals surface area contributed by atoms with Crippen molar-refractivity contribution in [2.75, 3.05) is 13.2 Å². The number of nitrogens with zero attached hydrogens (tertiary/aromatic N) is 1. The second-order valence-corrected chi connectivity index (χ2v) is 6.26. The number of carbonyl (C=O) groups excluding carboxylic acids is 3. The van der Waals surface area contributed by atoms with E-state index in [4.69, 9.17) is 9.57 Å². The van der Waals surface area contributed by atoms with Crippen LogP contribution in [0.15, 0.2) is 24.3 Å². The first kappa shape index (κ1) is 16.6. The van der Waals surface area contributed by atoms with Crippen LogP contribution in [0, 0.1) is 5.41 Å². The van der Waals surface area contributed by atoms with Crippen LogP contribution in [0.2, 0.25) is 0 Å². The van der Waals surface area contributed by atoms with Crippen molar-refractivity contribution < 1.29 is 24.0 Å². The zero-order chi connectivity index (χ0) is 17.2. The molecular weight excluding hydrogens is 310 g/mol. The first-order chi connectivity index (χ1) is 11.6. The summed E-state index contributed by atoms with van der Waals surface area (Å²) < 4.78 is 5.38.